The first kappa shape index (κ1) is 17.9. The van der Waals surface area contributed by atoms with Crippen LogP contribution in [0.4, 0.5) is 23.2 Å². The van der Waals surface area contributed by atoms with Crippen molar-refractivity contribution in [1.29, 1.82) is 0 Å². The highest BCUT2D eigenvalue weighted by atomic mass is 32.1. The van der Waals surface area contributed by atoms with E-state index in [1.807, 2.05) is 0 Å². The normalized spacial score (nSPS) is 11.2. The number of benzene rings is 2. The van der Waals surface area contributed by atoms with Crippen LogP contribution < -0.4 is 10.9 Å². The Morgan fingerprint density at radius 2 is 1.69 bits per heavy atom. The summed E-state index contributed by atoms with van der Waals surface area (Å²) in [4.78, 5) is 13.3. The number of carbonyl (C=O) groups is 1. The highest BCUT2D eigenvalue weighted by molar-refractivity contribution is 7.17. The minimum atomic E-state index is -4.46. The van der Waals surface area contributed by atoms with Crippen molar-refractivity contribution in [3.05, 3.63) is 76.9 Å². The van der Waals surface area contributed by atoms with E-state index in [9.17, 15) is 22.4 Å². The maximum atomic E-state index is 13.0. The minimum Gasteiger partial charge on any atom is -0.298 e. The maximum Gasteiger partial charge on any atom is 0.416 e. The molecular formula is C18H12F4N2OS. The monoisotopic (exact) mass is 380 g/mol. The molecule has 2 aromatic carbocycles. The Balaban J connectivity index is 1.67. The van der Waals surface area contributed by atoms with E-state index in [0.29, 0.717) is 4.88 Å². The van der Waals surface area contributed by atoms with Gasteiger partial charge >= 0.3 is 6.18 Å². The lowest BCUT2D eigenvalue weighted by atomic mass is 10.2. The third-order valence-corrected chi connectivity index (χ3v) is 4.60. The molecular weight excluding hydrogens is 368 g/mol. The van der Waals surface area contributed by atoms with Gasteiger partial charge in [0.25, 0.3) is 5.91 Å². The van der Waals surface area contributed by atoms with Crippen LogP contribution in [0.3, 0.4) is 0 Å². The molecule has 2 N–H and O–H groups in total. The molecule has 1 heterocycles. The second-order valence-corrected chi connectivity index (χ2v) is 6.41. The zero-order valence-electron chi connectivity index (χ0n) is 13.1. The molecule has 0 aliphatic carbocycles. The molecule has 0 aliphatic rings. The maximum absolute atomic E-state index is 13.0. The molecule has 26 heavy (non-hydrogen) atoms. The number of hydrogen-bond acceptors (Lipinski definition) is 3. The summed E-state index contributed by atoms with van der Waals surface area (Å²) in [5, 5.41) is 0. The van der Waals surface area contributed by atoms with Crippen molar-refractivity contribution < 1.29 is 22.4 Å². The summed E-state index contributed by atoms with van der Waals surface area (Å²) in [7, 11) is 0. The topological polar surface area (TPSA) is 41.1 Å². The molecule has 0 radical (unpaired) electrons. The number of hydrazine groups is 1. The van der Waals surface area contributed by atoms with Crippen LogP contribution >= 0.6 is 11.3 Å². The van der Waals surface area contributed by atoms with Gasteiger partial charge in [0.05, 0.1) is 16.1 Å². The summed E-state index contributed by atoms with van der Waals surface area (Å²) < 4.78 is 51.0. The molecule has 1 amide bonds. The van der Waals surface area contributed by atoms with Gasteiger partial charge in [0.15, 0.2) is 0 Å². The zero-order valence-corrected chi connectivity index (χ0v) is 13.9. The van der Waals surface area contributed by atoms with E-state index < -0.39 is 17.6 Å². The molecule has 3 nitrogen and oxygen atoms in total. The van der Waals surface area contributed by atoms with Crippen molar-refractivity contribution in [3.8, 4) is 10.4 Å². The quantitative estimate of drug-likeness (QED) is 0.474. The molecule has 0 saturated heterocycles. The van der Waals surface area contributed by atoms with Crippen molar-refractivity contribution in [2.45, 2.75) is 6.18 Å². The molecule has 0 unspecified atom stereocenters. The predicted molar refractivity (Wildman–Crippen MR) is 92.2 cm³/mol. The van der Waals surface area contributed by atoms with Crippen molar-refractivity contribution in [2.75, 3.05) is 5.43 Å². The Bertz CT molecular complexity index is 919. The fourth-order valence-corrected chi connectivity index (χ4v) is 3.10. The average molecular weight is 380 g/mol. The number of nitrogens with one attached hydrogen (secondary N) is 2. The number of alkyl halides is 3. The van der Waals surface area contributed by atoms with Gasteiger partial charge in [-0.15, -0.1) is 11.3 Å². The Labute approximate surface area is 150 Å². The van der Waals surface area contributed by atoms with Crippen LogP contribution in [0.1, 0.15) is 15.2 Å². The molecule has 3 rings (SSSR count). The summed E-state index contributed by atoms with van der Waals surface area (Å²) in [6, 6.07) is 13.7. The van der Waals surface area contributed by atoms with E-state index in [-0.39, 0.29) is 11.5 Å². The molecule has 134 valence electrons. The van der Waals surface area contributed by atoms with Gasteiger partial charge in [-0.3, -0.25) is 15.6 Å². The number of carbonyl (C=O) groups excluding carboxylic acids is 1. The second-order valence-electron chi connectivity index (χ2n) is 5.33. The highest BCUT2D eigenvalue weighted by Crippen LogP contribution is 2.31. The summed E-state index contributed by atoms with van der Waals surface area (Å²) in [5.74, 6) is -0.839. The Kier molecular flexibility index (Phi) is 4.94. The van der Waals surface area contributed by atoms with Gasteiger partial charge < -0.3 is 0 Å². The molecule has 1 aromatic heterocycles. The molecule has 0 aliphatic heterocycles. The van der Waals surface area contributed by atoms with Crippen LogP contribution in [0.2, 0.25) is 0 Å². The van der Waals surface area contributed by atoms with Crippen molar-refractivity contribution in [3.63, 3.8) is 0 Å². The first-order valence-corrected chi connectivity index (χ1v) is 8.24. The number of halogens is 4. The Morgan fingerprint density at radius 3 is 2.38 bits per heavy atom. The van der Waals surface area contributed by atoms with Gasteiger partial charge in [0.1, 0.15) is 5.82 Å². The Morgan fingerprint density at radius 1 is 0.962 bits per heavy atom. The number of amides is 1. The van der Waals surface area contributed by atoms with E-state index in [2.05, 4.69) is 10.9 Å². The Hall–Kier alpha value is -2.87. The SMILES string of the molecule is O=C(NNc1cccc(C(F)(F)F)c1)c1ccc(-c2ccc(F)cc2)s1. The summed E-state index contributed by atoms with van der Waals surface area (Å²) >= 11 is 1.19. The molecule has 3 aromatic rings. The average Bonchev–Trinajstić information content (AvgIpc) is 3.10. The number of anilines is 1. The summed E-state index contributed by atoms with van der Waals surface area (Å²) in [6.07, 6.45) is -4.46. The van der Waals surface area contributed by atoms with E-state index in [1.54, 1.807) is 24.3 Å². The third kappa shape index (κ3) is 4.20. The molecule has 0 atom stereocenters. The number of hydrogen-bond donors (Lipinski definition) is 2. The molecule has 0 spiro atoms. The van der Waals surface area contributed by atoms with Gasteiger partial charge in [0, 0.05) is 4.88 Å². The molecule has 0 saturated carbocycles. The van der Waals surface area contributed by atoms with Gasteiger partial charge in [-0.05, 0) is 48.0 Å². The van der Waals surface area contributed by atoms with Crippen molar-refractivity contribution >= 4 is 22.9 Å². The lowest BCUT2D eigenvalue weighted by Crippen LogP contribution is -2.28. The summed E-state index contributed by atoms with van der Waals surface area (Å²) in [5.41, 5.74) is 4.90. The lowest BCUT2D eigenvalue weighted by Gasteiger charge is -2.11. The van der Waals surface area contributed by atoms with Crippen LogP contribution in [0.25, 0.3) is 10.4 Å². The predicted octanol–water partition coefficient (Wildman–Crippen LogP) is 5.33. The van der Waals surface area contributed by atoms with E-state index in [4.69, 9.17) is 0 Å². The van der Waals surface area contributed by atoms with Gasteiger partial charge in [0.2, 0.25) is 0 Å². The van der Waals surface area contributed by atoms with Gasteiger partial charge in [-0.2, -0.15) is 13.2 Å². The van der Waals surface area contributed by atoms with Crippen LogP contribution in [0.5, 0.6) is 0 Å². The van der Waals surface area contributed by atoms with Crippen molar-refractivity contribution in [1.82, 2.24) is 5.43 Å². The van der Waals surface area contributed by atoms with E-state index in [1.165, 1.54) is 35.6 Å². The molecule has 8 heteroatoms. The smallest absolute Gasteiger partial charge is 0.298 e. The first-order chi connectivity index (χ1) is 12.3. The van der Waals surface area contributed by atoms with Gasteiger partial charge in [-0.25, -0.2) is 4.39 Å². The standard InChI is InChI=1S/C18H12F4N2OS/c19-13-6-4-11(5-7-13)15-8-9-16(26-15)17(25)24-23-14-3-1-2-12(10-14)18(20,21)22/h1-10,23H,(H,24,25). The number of thiophene rings is 1. The number of rotatable bonds is 4. The zero-order chi connectivity index (χ0) is 18.7. The third-order valence-electron chi connectivity index (χ3n) is 3.47. The van der Waals surface area contributed by atoms with Crippen LogP contribution in [-0.4, -0.2) is 5.91 Å². The van der Waals surface area contributed by atoms with Gasteiger partial charge in [-0.1, -0.05) is 18.2 Å². The van der Waals surface area contributed by atoms with Crippen LogP contribution in [0, 0.1) is 5.82 Å². The molecule has 0 bridgehead atoms. The lowest BCUT2D eigenvalue weighted by molar-refractivity contribution is -0.137. The highest BCUT2D eigenvalue weighted by Gasteiger charge is 2.30. The van der Waals surface area contributed by atoms with Crippen LogP contribution in [-0.2, 0) is 6.18 Å². The fourth-order valence-electron chi connectivity index (χ4n) is 2.19. The van der Waals surface area contributed by atoms with Crippen LogP contribution in [0.15, 0.2) is 60.7 Å². The van der Waals surface area contributed by atoms with E-state index in [0.717, 1.165) is 22.6 Å². The van der Waals surface area contributed by atoms with Crippen molar-refractivity contribution in [2.24, 2.45) is 0 Å². The fraction of sp³-hybridized carbons (Fsp3) is 0.0556. The summed E-state index contributed by atoms with van der Waals surface area (Å²) in [6.45, 7) is 0. The molecule has 0 fully saturated rings. The minimum absolute atomic E-state index is 0.114. The first-order valence-electron chi connectivity index (χ1n) is 7.42. The second kappa shape index (κ2) is 7.17. The van der Waals surface area contributed by atoms with E-state index >= 15 is 0 Å². The largest absolute Gasteiger partial charge is 0.416 e.